The SMILES string of the molecule is Clc1ccc2c(c1)Cc1[nH]c(CNC3CCCC3)nc1-2. The Labute approximate surface area is 123 Å². The number of H-pyrrole nitrogens is 1. The van der Waals surface area contributed by atoms with Crippen molar-refractivity contribution in [1.82, 2.24) is 15.3 Å². The Morgan fingerprint density at radius 1 is 1.30 bits per heavy atom. The van der Waals surface area contributed by atoms with Crippen LogP contribution in [0.15, 0.2) is 18.2 Å². The van der Waals surface area contributed by atoms with Crippen molar-refractivity contribution in [3.05, 3.63) is 40.3 Å². The average Bonchev–Trinajstić information content (AvgIpc) is 3.10. The lowest BCUT2D eigenvalue weighted by Crippen LogP contribution is -2.25. The van der Waals surface area contributed by atoms with Gasteiger partial charge in [0.15, 0.2) is 0 Å². The molecule has 2 aromatic rings. The van der Waals surface area contributed by atoms with Crippen LogP contribution in [0.3, 0.4) is 0 Å². The van der Waals surface area contributed by atoms with E-state index in [1.54, 1.807) is 0 Å². The Balaban J connectivity index is 1.52. The lowest BCUT2D eigenvalue weighted by Gasteiger charge is -2.09. The van der Waals surface area contributed by atoms with E-state index in [0.29, 0.717) is 6.04 Å². The molecule has 4 heteroatoms. The van der Waals surface area contributed by atoms with E-state index in [-0.39, 0.29) is 0 Å². The maximum Gasteiger partial charge on any atom is 0.121 e. The highest BCUT2D eigenvalue weighted by Gasteiger charge is 2.23. The van der Waals surface area contributed by atoms with Gasteiger partial charge in [-0.15, -0.1) is 0 Å². The zero-order valence-corrected chi connectivity index (χ0v) is 12.1. The summed E-state index contributed by atoms with van der Waals surface area (Å²) in [6, 6.07) is 6.75. The van der Waals surface area contributed by atoms with Crippen LogP contribution in [-0.4, -0.2) is 16.0 Å². The standard InChI is InChI=1S/C16H18ClN3/c17-11-5-6-13-10(7-11)8-14-16(13)20-15(19-14)9-18-12-3-1-2-4-12/h5-7,12,18H,1-4,8-9H2,(H,19,20). The first-order valence-corrected chi connectivity index (χ1v) is 7.77. The molecule has 1 aromatic heterocycles. The van der Waals surface area contributed by atoms with E-state index in [9.17, 15) is 0 Å². The van der Waals surface area contributed by atoms with E-state index >= 15 is 0 Å². The Kier molecular flexibility index (Phi) is 3.04. The molecule has 0 saturated heterocycles. The molecule has 0 unspecified atom stereocenters. The molecule has 0 spiro atoms. The predicted molar refractivity (Wildman–Crippen MR) is 80.9 cm³/mol. The number of halogens is 1. The van der Waals surface area contributed by atoms with Gasteiger partial charge in [0.2, 0.25) is 0 Å². The third-order valence-electron chi connectivity index (χ3n) is 4.43. The Hall–Kier alpha value is -1.32. The molecule has 0 atom stereocenters. The molecule has 1 fully saturated rings. The molecule has 20 heavy (non-hydrogen) atoms. The number of nitrogens with one attached hydrogen (secondary N) is 2. The molecule has 1 saturated carbocycles. The van der Waals surface area contributed by atoms with Crippen LogP contribution in [0.25, 0.3) is 11.3 Å². The zero-order valence-electron chi connectivity index (χ0n) is 11.4. The first-order chi connectivity index (χ1) is 9.79. The first-order valence-electron chi connectivity index (χ1n) is 7.39. The molecule has 0 amide bonds. The summed E-state index contributed by atoms with van der Waals surface area (Å²) in [6.07, 6.45) is 6.26. The molecule has 0 radical (unpaired) electrons. The van der Waals surface area contributed by atoms with Crippen LogP contribution in [0.1, 0.15) is 42.8 Å². The van der Waals surface area contributed by atoms with E-state index < -0.39 is 0 Å². The van der Waals surface area contributed by atoms with Gasteiger partial charge in [0, 0.05) is 28.7 Å². The van der Waals surface area contributed by atoms with Crippen LogP contribution in [0.4, 0.5) is 0 Å². The summed E-state index contributed by atoms with van der Waals surface area (Å²) in [5.41, 5.74) is 4.85. The monoisotopic (exact) mass is 287 g/mol. The van der Waals surface area contributed by atoms with Crippen molar-refractivity contribution in [2.24, 2.45) is 0 Å². The smallest absolute Gasteiger partial charge is 0.121 e. The number of fused-ring (bicyclic) bond motifs is 3. The normalized spacial score (nSPS) is 17.4. The second-order valence-corrected chi connectivity index (χ2v) is 6.29. The summed E-state index contributed by atoms with van der Waals surface area (Å²) >= 11 is 6.05. The second-order valence-electron chi connectivity index (χ2n) is 5.85. The topological polar surface area (TPSA) is 40.7 Å². The van der Waals surface area contributed by atoms with Crippen molar-refractivity contribution >= 4 is 11.6 Å². The van der Waals surface area contributed by atoms with Crippen molar-refractivity contribution in [3.63, 3.8) is 0 Å². The van der Waals surface area contributed by atoms with Gasteiger partial charge < -0.3 is 10.3 Å². The fourth-order valence-corrected chi connectivity index (χ4v) is 3.59. The van der Waals surface area contributed by atoms with Gasteiger partial charge in [0.1, 0.15) is 5.82 Å². The molecule has 1 heterocycles. The van der Waals surface area contributed by atoms with Crippen molar-refractivity contribution in [2.75, 3.05) is 0 Å². The van der Waals surface area contributed by atoms with Crippen LogP contribution < -0.4 is 5.32 Å². The molecular formula is C16H18ClN3. The van der Waals surface area contributed by atoms with Crippen LogP contribution >= 0.6 is 11.6 Å². The van der Waals surface area contributed by atoms with E-state index in [1.807, 2.05) is 12.1 Å². The summed E-state index contributed by atoms with van der Waals surface area (Å²) in [4.78, 5) is 8.23. The van der Waals surface area contributed by atoms with Gasteiger partial charge in [0.05, 0.1) is 12.2 Å². The van der Waals surface area contributed by atoms with Crippen molar-refractivity contribution in [3.8, 4) is 11.3 Å². The van der Waals surface area contributed by atoms with Gasteiger partial charge in [0.25, 0.3) is 0 Å². The van der Waals surface area contributed by atoms with Crippen LogP contribution in [0.5, 0.6) is 0 Å². The third kappa shape index (κ3) is 2.15. The third-order valence-corrected chi connectivity index (χ3v) is 4.67. The van der Waals surface area contributed by atoms with Gasteiger partial charge in [-0.3, -0.25) is 0 Å². The maximum absolute atomic E-state index is 6.05. The molecule has 2 aliphatic rings. The van der Waals surface area contributed by atoms with Crippen LogP contribution in [-0.2, 0) is 13.0 Å². The van der Waals surface area contributed by atoms with Gasteiger partial charge in [-0.2, -0.15) is 0 Å². The van der Waals surface area contributed by atoms with Crippen molar-refractivity contribution in [1.29, 1.82) is 0 Å². The minimum Gasteiger partial charge on any atom is -0.344 e. The summed E-state index contributed by atoms with van der Waals surface area (Å²) in [5, 5.41) is 4.41. The van der Waals surface area contributed by atoms with Gasteiger partial charge in [-0.1, -0.05) is 30.5 Å². The van der Waals surface area contributed by atoms with E-state index in [2.05, 4.69) is 16.4 Å². The van der Waals surface area contributed by atoms with Gasteiger partial charge >= 0.3 is 0 Å². The van der Waals surface area contributed by atoms with Crippen LogP contribution in [0, 0.1) is 0 Å². The predicted octanol–water partition coefficient (Wildman–Crippen LogP) is 3.67. The zero-order chi connectivity index (χ0) is 13.5. The highest BCUT2D eigenvalue weighted by molar-refractivity contribution is 6.30. The van der Waals surface area contributed by atoms with Gasteiger partial charge in [-0.25, -0.2) is 4.98 Å². The Morgan fingerprint density at radius 3 is 3.00 bits per heavy atom. The van der Waals surface area contributed by atoms with E-state index in [4.69, 9.17) is 16.6 Å². The number of nitrogens with zero attached hydrogens (tertiary/aromatic N) is 1. The summed E-state index contributed by atoms with van der Waals surface area (Å²) in [7, 11) is 0. The molecule has 0 bridgehead atoms. The number of aromatic amines is 1. The quantitative estimate of drug-likeness (QED) is 0.772. The fraction of sp³-hybridized carbons (Fsp3) is 0.438. The van der Waals surface area contributed by atoms with Crippen molar-refractivity contribution in [2.45, 2.75) is 44.7 Å². The Morgan fingerprint density at radius 2 is 2.15 bits per heavy atom. The number of hydrogen-bond acceptors (Lipinski definition) is 2. The fourth-order valence-electron chi connectivity index (χ4n) is 3.40. The largest absolute Gasteiger partial charge is 0.344 e. The second kappa shape index (κ2) is 4.90. The number of rotatable bonds is 3. The number of imidazole rings is 1. The summed E-state index contributed by atoms with van der Waals surface area (Å²) in [6.45, 7) is 0.848. The maximum atomic E-state index is 6.05. The Bertz CT molecular complexity index is 641. The van der Waals surface area contributed by atoms with Crippen molar-refractivity contribution < 1.29 is 0 Å². The molecule has 2 N–H and O–H groups in total. The van der Waals surface area contributed by atoms with E-state index in [0.717, 1.165) is 29.5 Å². The molecule has 104 valence electrons. The number of aromatic nitrogens is 2. The van der Waals surface area contributed by atoms with Gasteiger partial charge in [-0.05, 0) is 30.5 Å². The molecule has 3 nitrogen and oxygen atoms in total. The molecule has 0 aliphatic heterocycles. The average molecular weight is 288 g/mol. The summed E-state index contributed by atoms with van der Waals surface area (Å²) in [5.74, 6) is 1.06. The summed E-state index contributed by atoms with van der Waals surface area (Å²) < 4.78 is 0. The molecule has 1 aromatic carbocycles. The number of hydrogen-bond donors (Lipinski definition) is 2. The van der Waals surface area contributed by atoms with E-state index in [1.165, 1.54) is 42.5 Å². The molecule has 4 rings (SSSR count). The lowest BCUT2D eigenvalue weighted by molar-refractivity contribution is 0.515. The highest BCUT2D eigenvalue weighted by atomic mass is 35.5. The number of benzene rings is 1. The van der Waals surface area contributed by atoms with Crippen LogP contribution in [0.2, 0.25) is 5.02 Å². The minimum absolute atomic E-state index is 0.682. The lowest BCUT2D eigenvalue weighted by atomic mass is 10.1. The molecular weight excluding hydrogens is 270 g/mol. The molecule has 2 aliphatic carbocycles. The minimum atomic E-state index is 0.682. The first kappa shape index (κ1) is 12.4. The highest BCUT2D eigenvalue weighted by Crippen LogP contribution is 2.36.